The average Bonchev–Trinajstić information content (AvgIpc) is 1.68. The van der Waals surface area contributed by atoms with E-state index in [-0.39, 0.29) is 81.1 Å². The zero-order valence-electron chi connectivity index (χ0n) is 59.1. The lowest BCUT2D eigenvalue weighted by Gasteiger charge is -2.36. The summed E-state index contributed by atoms with van der Waals surface area (Å²) in [6.07, 6.45) is 14.0. The van der Waals surface area contributed by atoms with Crippen LogP contribution in [-0.2, 0) is 80.3 Å². The molecule has 5 saturated carbocycles. The number of hydrogen-bond acceptors (Lipinski definition) is 19. The number of pyridine rings is 3. The molecule has 14 rings (SSSR count). The van der Waals surface area contributed by atoms with Gasteiger partial charge in [0.1, 0.15) is 52.5 Å². The van der Waals surface area contributed by atoms with Gasteiger partial charge in [0, 0.05) is 110 Å². The molecule has 1 unspecified atom stereocenters. The van der Waals surface area contributed by atoms with Crippen LogP contribution in [0.5, 0.6) is 0 Å². The van der Waals surface area contributed by atoms with Crippen LogP contribution in [0.4, 0.5) is 5.82 Å². The van der Waals surface area contributed by atoms with Crippen LogP contribution in [0.2, 0.25) is 0 Å². The van der Waals surface area contributed by atoms with Crippen LogP contribution in [0.1, 0.15) is 262 Å². The first-order valence-electron chi connectivity index (χ1n) is 34.4. The van der Waals surface area contributed by atoms with Crippen LogP contribution >= 0.6 is 11.6 Å². The van der Waals surface area contributed by atoms with E-state index >= 15 is 0 Å². The molecule has 1 amide bonds. The quantitative estimate of drug-likeness (QED) is 0.107. The van der Waals surface area contributed by atoms with Crippen molar-refractivity contribution in [3.8, 4) is 18.2 Å². The van der Waals surface area contributed by atoms with Crippen molar-refractivity contribution in [3.05, 3.63) is 94.6 Å². The molecule has 4 N–H and O–H groups in total. The second-order valence-electron chi connectivity index (χ2n) is 29.5. The van der Waals surface area contributed by atoms with Gasteiger partial charge in [-0.05, 0) is 169 Å². The fourth-order valence-electron chi connectivity index (χ4n) is 12.3. The largest absolute Gasteiger partial charge is 0.375 e. The van der Waals surface area contributed by atoms with Crippen molar-refractivity contribution < 1.29 is 52.5 Å². The van der Waals surface area contributed by atoms with Crippen molar-refractivity contribution >= 4 is 51.7 Å². The first-order chi connectivity index (χ1) is 45.7. The number of nitrogens with zero attached hydrogens (tertiary/aromatic N) is 7. The van der Waals surface area contributed by atoms with E-state index in [4.69, 9.17) is 52.1 Å². The van der Waals surface area contributed by atoms with Gasteiger partial charge in [-0.25, -0.2) is 11.6 Å². The molecule has 0 aromatic carbocycles. The zero-order chi connectivity index (χ0) is 71.5. The zero-order valence-corrected chi connectivity index (χ0v) is 59.9. The van der Waals surface area contributed by atoms with Gasteiger partial charge in [-0.3, -0.25) is 38.5 Å². The van der Waals surface area contributed by atoms with Gasteiger partial charge in [0.25, 0.3) is 18.0 Å². The van der Waals surface area contributed by atoms with E-state index in [9.17, 15) is 44.1 Å². The van der Waals surface area contributed by atoms with Gasteiger partial charge >= 0.3 is 0 Å². The van der Waals surface area contributed by atoms with E-state index in [1.165, 1.54) is 59.3 Å². The number of nitrogens with one attached hydrogen (secondary N) is 2. The molecule has 23 heteroatoms. The number of ether oxygens (including phenoxy) is 5. The number of H-pyrrole nitrogens is 1. The van der Waals surface area contributed by atoms with Crippen LogP contribution in [0.3, 0.4) is 0 Å². The number of primary amides is 1. The molecular weight excluding hydrogens is 1260 g/mol. The highest BCUT2D eigenvalue weighted by Crippen LogP contribution is 2.48. The normalized spacial score (nSPS) is 22.3. The van der Waals surface area contributed by atoms with Crippen molar-refractivity contribution in [2.75, 3.05) is 50.8 Å². The van der Waals surface area contributed by atoms with Gasteiger partial charge in [0.15, 0.2) is 5.78 Å². The maximum absolute atomic E-state index is 12.4. The molecule has 0 bridgehead atoms. The van der Waals surface area contributed by atoms with E-state index in [2.05, 4.69) is 70.6 Å². The summed E-state index contributed by atoms with van der Waals surface area (Å²) in [6, 6.07) is 6.65. The minimum Gasteiger partial charge on any atom is -0.375 e. The molecule has 0 radical (unpaired) electrons. The number of nitrogens with two attached hydrogens (primary N) is 1. The smallest absolute Gasteiger partial charge is 0.297 e. The molecule has 5 aliphatic carbocycles. The predicted octanol–water partition coefficient (Wildman–Crippen LogP) is 10.8. The number of hydrogen-bond donors (Lipinski definition) is 3. The lowest BCUT2D eigenvalue weighted by molar-refractivity contribution is -0.152. The number of anilines is 1. The number of carbonyl (C=O) groups is 6. The van der Waals surface area contributed by atoms with Gasteiger partial charge in [-0.2, -0.15) is 15.8 Å². The number of halogens is 1. The van der Waals surface area contributed by atoms with Crippen LogP contribution in [0, 0.1) is 65.2 Å². The summed E-state index contributed by atoms with van der Waals surface area (Å²) >= 11 is 5.04. The van der Waals surface area contributed by atoms with E-state index in [0.717, 1.165) is 106 Å². The number of fused-ring (bicyclic) bond motifs is 3. The van der Waals surface area contributed by atoms with Crippen LogP contribution in [-0.4, -0.2) is 123 Å². The van der Waals surface area contributed by atoms with Crippen molar-refractivity contribution in [2.24, 2.45) is 23.5 Å². The highest BCUT2D eigenvalue weighted by atomic mass is 35.5. The number of nitriles is 3. The number of piperazine rings is 1. The minimum absolute atomic E-state index is 0.0677. The minimum atomic E-state index is -0.979. The van der Waals surface area contributed by atoms with Crippen molar-refractivity contribution in [1.82, 2.24) is 20.3 Å². The average molecular weight is 1360 g/mol. The summed E-state index contributed by atoms with van der Waals surface area (Å²) in [5, 5.41) is 31.6. The molecule has 22 nitrogen and oxygen atoms in total. The number of aromatic nitrogens is 3. The molecule has 3 aromatic heterocycles. The first-order valence-corrected chi connectivity index (χ1v) is 34.8. The lowest BCUT2D eigenvalue weighted by Crippen LogP contribution is -2.44. The third-order valence-corrected chi connectivity index (χ3v) is 18.7. The number of ketones is 4. The van der Waals surface area contributed by atoms with Gasteiger partial charge in [0.2, 0.25) is 5.24 Å². The molecule has 1 atom stereocenters. The van der Waals surface area contributed by atoms with E-state index in [0.29, 0.717) is 74.8 Å². The third kappa shape index (κ3) is 21.2. The number of carbonyl (C=O) groups excluding carboxylic acids is 6. The summed E-state index contributed by atoms with van der Waals surface area (Å²) < 4.78 is 28.3. The highest BCUT2D eigenvalue weighted by molar-refractivity contribution is 6.64. The first kappa shape index (κ1) is 77.2. The Labute approximate surface area is 576 Å². The summed E-state index contributed by atoms with van der Waals surface area (Å²) in [4.78, 5) is 95.5. The predicted molar refractivity (Wildman–Crippen MR) is 365 cm³/mol. The van der Waals surface area contributed by atoms with Gasteiger partial charge in [-0.1, -0.05) is 13.8 Å². The second-order valence-corrected chi connectivity index (χ2v) is 29.9. The topological polar surface area (TPSA) is 324 Å². The molecule has 9 heterocycles. The second kappa shape index (κ2) is 32.7. The van der Waals surface area contributed by atoms with Crippen molar-refractivity contribution in [3.63, 3.8) is 0 Å². The molecule has 6 aliphatic heterocycles. The Morgan fingerprint density at radius 3 is 1.56 bits per heavy atom. The number of amides is 1. The summed E-state index contributed by atoms with van der Waals surface area (Å²) in [6.45, 7) is 37.3. The monoisotopic (exact) mass is 1350 g/mol. The molecule has 3 saturated heterocycles. The molecule has 0 spiro atoms. The summed E-state index contributed by atoms with van der Waals surface area (Å²) in [5.74, 6) is 1.98. The number of Topliss-reactive ketones (excluding diaryl/α,β-unsaturated/α-hetero) is 4. The maximum atomic E-state index is 12.4. The fraction of sp³-hybridized carbons (Fsp3) is 0.662. The summed E-state index contributed by atoms with van der Waals surface area (Å²) in [5.41, 5.74) is 13.4. The molecule has 3 aromatic rings. The van der Waals surface area contributed by atoms with Gasteiger partial charge in [-0.15, -0.1) is 0 Å². The Kier molecular flexibility index (Phi) is 26.0. The maximum Gasteiger partial charge on any atom is 0.297 e. The van der Waals surface area contributed by atoms with Gasteiger partial charge in [0.05, 0.1) is 89.4 Å². The Hall–Kier alpha value is -7.12. The van der Waals surface area contributed by atoms with E-state index < -0.39 is 23.0 Å². The Morgan fingerprint density at radius 1 is 0.639 bits per heavy atom. The standard InChI is InChI=1S/C18H24N4O.C15H18N2O.C14H14N2O3.C11H16O3.C7H12O2.C4H5ClO.C3H4N2O.C2H6/c1-18(2)9-13-14(10-19)17(22-7-5-20-6-8-22)21-16(12-3-4-12)15(13)11-23-18;1-9-12(7-16)11-6-15(2,3)18-8-13(11)14(17-9)10-4-5-10;1-14(2)12(17)10-8(5-15)13(18)16-11(7-3-4-7)9(10)6-19-14;1-11(2)5-9(12)8(6-14-11)10(13)7-3-4-7;1-7(2)5-6(8)3-4-9-7;5-4(6)3-1-2-3;1-5-2-3(4)6;1-2/h12,20H,3-9,11H2,1-2H3;10H,4-6,8H2,1-3H3;7H,3-4,6H2,1-2H3,(H,16,18);7-8H,3-6H2,1-2H3;3-5H2,1-2H3;3H,1-2H2;2H2,(H2,4,6);1-2H3. The number of rotatable bonds is 8. The SMILES string of the molecule is CC.CC1(C)CC(=O)C(C(=O)C2CC2)CO1.CC1(C)CC(=O)CCO1.CC1(C)Cc2c(C#N)c(N3CCNCC3)nc(C3CC3)c2CO1.CC1(C)OCc2c(C3CC3)[nH]c(=O)c(C#N)c2C1=O.Cc1nc(C2CC2)c2c(c1C#N)CC(C)(C)OC2.O=C(Cl)C1CC1.[C-]#[N+]CC(N)=O. The number of aromatic amines is 1. The Bertz CT molecular complexity index is 3690. The highest BCUT2D eigenvalue weighted by Gasteiger charge is 2.45. The Balaban J connectivity index is 0.000000166. The van der Waals surface area contributed by atoms with Crippen LogP contribution in [0.15, 0.2) is 4.79 Å². The molecule has 97 heavy (non-hydrogen) atoms. The van der Waals surface area contributed by atoms with Crippen molar-refractivity contribution in [2.45, 2.75) is 252 Å². The molecular formula is C74H99ClN10O12. The third-order valence-electron chi connectivity index (χ3n) is 18.4. The van der Waals surface area contributed by atoms with Crippen LogP contribution < -0.4 is 21.5 Å². The van der Waals surface area contributed by atoms with Gasteiger partial charge < -0.3 is 49.5 Å². The number of aryl methyl sites for hydroxylation is 1. The molecule has 524 valence electrons. The van der Waals surface area contributed by atoms with E-state index in [1.54, 1.807) is 13.8 Å². The Morgan fingerprint density at radius 2 is 1.13 bits per heavy atom. The van der Waals surface area contributed by atoms with E-state index in [1.807, 2.05) is 54.5 Å². The van der Waals surface area contributed by atoms with Crippen molar-refractivity contribution in [1.29, 1.82) is 15.8 Å². The molecule has 8 fully saturated rings. The lowest BCUT2D eigenvalue weighted by atomic mass is 9.86. The van der Waals surface area contributed by atoms with Crippen LogP contribution in [0.25, 0.3) is 4.85 Å². The molecule has 11 aliphatic rings. The fourth-order valence-corrected chi connectivity index (χ4v) is 12.5. The summed E-state index contributed by atoms with van der Waals surface area (Å²) in [7, 11) is 0.